The molecule has 2 saturated carbocycles. The lowest BCUT2D eigenvalue weighted by molar-refractivity contribution is -0.195. The van der Waals surface area contributed by atoms with E-state index < -0.39 is 18.1 Å². The molecule has 212 valence electrons. The largest absolute Gasteiger partial charge is 0.393 e. The van der Waals surface area contributed by atoms with Gasteiger partial charge in [-0.1, -0.05) is 6.42 Å². The Morgan fingerprint density at radius 3 is 2.41 bits per heavy atom. The van der Waals surface area contributed by atoms with Gasteiger partial charge in [-0.2, -0.15) is 13.2 Å². The molecule has 0 radical (unpaired) electrons. The number of likely N-dealkylation sites (N-methyl/N-ethyl adjacent to an activating group) is 1. The summed E-state index contributed by atoms with van der Waals surface area (Å²) in [7, 11) is 2.08. The summed E-state index contributed by atoms with van der Waals surface area (Å²) in [5, 5.41) is 10.8. The van der Waals surface area contributed by atoms with E-state index in [1.807, 2.05) is 0 Å². The first kappa shape index (κ1) is 27.6. The van der Waals surface area contributed by atoms with Crippen LogP contribution < -0.4 is 16.0 Å². The van der Waals surface area contributed by atoms with Gasteiger partial charge in [0.15, 0.2) is 0 Å². The molecule has 0 aromatic carbocycles. The average molecular weight is 529 g/mol. The van der Waals surface area contributed by atoms with E-state index in [1.165, 1.54) is 12.8 Å². The Hall–Kier alpha value is -0.940. The molecule has 1 amide bonds. The van der Waals surface area contributed by atoms with Crippen LogP contribution in [0.1, 0.15) is 64.7 Å². The standard InChI is InChI=1S/C27H47F3N6O/c1-18(37)36-11-9-19-4-3-5-24(26(19)36)32-20-8-10-31-25(16-20)33-23-7-6-21(17-22(23)27(28,29)30)35-14-12-34(2)13-15-35/h19-26,31-33H,3-17H2,1-2H3. The minimum atomic E-state index is -4.19. The Morgan fingerprint density at radius 1 is 0.892 bits per heavy atom. The summed E-state index contributed by atoms with van der Waals surface area (Å²) in [6, 6.07) is 0.301. The molecule has 8 unspecified atom stereocenters. The molecule has 8 atom stereocenters. The summed E-state index contributed by atoms with van der Waals surface area (Å²) >= 11 is 0. The van der Waals surface area contributed by atoms with Crippen molar-refractivity contribution >= 4 is 5.91 Å². The fourth-order valence-electron chi connectivity index (χ4n) is 8.05. The zero-order valence-electron chi connectivity index (χ0n) is 22.6. The molecule has 5 rings (SSSR count). The fraction of sp³-hybridized carbons (Fsp3) is 0.963. The summed E-state index contributed by atoms with van der Waals surface area (Å²) in [6.45, 7) is 6.92. The van der Waals surface area contributed by atoms with Crippen LogP contribution >= 0.6 is 0 Å². The highest BCUT2D eigenvalue weighted by Gasteiger charge is 2.49. The number of hydrogen-bond donors (Lipinski definition) is 3. The molecule has 3 heterocycles. The molecular weight excluding hydrogens is 481 g/mol. The number of rotatable bonds is 5. The first-order chi connectivity index (χ1) is 17.7. The molecule has 7 nitrogen and oxygen atoms in total. The van der Waals surface area contributed by atoms with Crippen LogP contribution in [-0.2, 0) is 4.79 Å². The van der Waals surface area contributed by atoms with E-state index in [4.69, 9.17) is 0 Å². The van der Waals surface area contributed by atoms with Crippen molar-refractivity contribution in [2.75, 3.05) is 46.3 Å². The Labute approximate surface area is 220 Å². The summed E-state index contributed by atoms with van der Waals surface area (Å²) in [4.78, 5) is 18.8. The Balaban J connectivity index is 1.17. The molecule has 10 heteroatoms. The van der Waals surface area contributed by atoms with E-state index in [0.29, 0.717) is 12.3 Å². The van der Waals surface area contributed by atoms with Gasteiger partial charge in [0.05, 0.1) is 12.1 Å². The van der Waals surface area contributed by atoms with Gasteiger partial charge in [-0.15, -0.1) is 0 Å². The smallest absolute Gasteiger partial charge is 0.338 e. The first-order valence-corrected chi connectivity index (χ1v) is 14.7. The van der Waals surface area contributed by atoms with Crippen LogP contribution in [0.4, 0.5) is 13.2 Å². The molecule has 5 aliphatic rings. The van der Waals surface area contributed by atoms with Gasteiger partial charge in [-0.25, -0.2) is 0 Å². The van der Waals surface area contributed by atoms with E-state index in [9.17, 15) is 18.0 Å². The Kier molecular flexibility index (Phi) is 8.70. The summed E-state index contributed by atoms with van der Waals surface area (Å²) in [5.74, 6) is -0.562. The van der Waals surface area contributed by atoms with Crippen LogP contribution in [-0.4, -0.2) is 109 Å². The second-order valence-corrected chi connectivity index (χ2v) is 12.4. The van der Waals surface area contributed by atoms with Gasteiger partial charge in [0, 0.05) is 69.9 Å². The van der Waals surface area contributed by atoms with Gasteiger partial charge < -0.3 is 20.4 Å². The predicted molar refractivity (Wildman–Crippen MR) is 138 cm³/mol. The minimum Gasteiger partial charge on any atom is -0.338 e. The lowest BCUT2D eigenvalue weighted by atomic mass is 9.79. The summed E-state index contributed by atoms with van der Waals surface area (Å²) in [5.41, 5.74) is 0. The summed E-state index contributed by atoms with van der Waals surface area (Å²) in [6.07, 6.45) is 3.56. The molecule has 0 spiro atoms. The number of carbonyl (C=O) groups excluding carboxylic acids is 1. The number of likely N-dealkylation sites (tertiary alicyclic amines) is 1. The van der Waals surface area contributed by atoms with E-state index >= 15 is 0 Å². The minimum absolute atomic E-state index is 0.0296. The average Bonchev–Trinajstić information content (AvgIpc) is 3.30. The number of nitrogens with one attached hydrogen (secondary N) is 3. The van der Waals surface area contributed by atoms with E-state index in [1.54, 1.807) is 6.92 Å². The lowest BCUT2D eigenvalue weighted by Gasteiger charge is -2.46. The van der Waals surface area contributed by atoms with Gasteiger partial charge in [0.1, 0.15) is 0 Å². The molecule has 0 aromatic heterocycles. The van der Waals surface area contributed by atoms with Crippen molar-refractivity contribution in [3.8, 4) is 0 Å². The highest BCUT2D eigenvalue weighted by Crippen LogP contribution is 2.40. The monoisotopic (exact) mass is 528 g/mol. The van der Waals surface area contributed by atoms with Gasteiger partial charge in [0.25, 0.3) is 0 Å². The van der Waals surface area contributed by atoms with Crippen LogP contribution in [0.25, 0.3) is 0 Å². The normalized spacial score (nSPS) is 40.5. The van der Waals surface area contributed by atoms with Crippen molar-refractivity contribution < 1.29 is 18.0 Å². The molecule has 0 bridgehead atoms. The third-order valence-corrected chi connectivity index (χ3v) is 10.1. The van der Waals surface area contributed by atoms with Crippen molar-refractivity contribution in [1.82, 2.24) is 30.7 Å². The molecule has 5 fully saturated rings. The highest BCUT2D eigenvalue weighted by molar-refractivity contribution is 5.74. The molecule has 2 aliphatic carbocycles. The van der Waals surface area contributed by atoms with Crippen LogP contribution in [0, 0.1) is 11.8 Å². The van der Waals surface area contributed by atoms with Gasteiger partial charge >= 0.3 is 6.18 Å². The van der Waals surface area contributed by atoms with E-state index in [-0.39, 0.29) is 42.7 Å². The molecule has 3 N–H and O–H groups in total. The number of alkyl halides is 3. The topological polar surface area (TPSA) is 62.9 Å². The number of nitrogens with zero attached hydrogens (tertiary/aromatic N) is 3. The number of piperidine rings is 1. The second-order valence-electron chi connectivity index (χ2n) is 12.4. The maximum Gasteiger partial charge on any atom is 0.393 e. The molecule has 0 aromatic rings. The molecule has 37 heavy (non-hydrogen) atoms. The van der Waals surface area contributed by atoms with Gasteiger partial charge in [-0.05, 0) is 70.9 Å². The van der Waals surface area contributed by atoms with Crippen molar-refractivity contribution in [2.45, 2.75) is 107 Å². The van der Waals surface area contributed by atoms with Crippen LogP contribution in [0.5, 0.6) is 0 Å². The SMILES string of the molecule is CC(=O)N1CCC2CCCC(NC3CCNC(NC4CCC(N5CCN(C)CC5)CC4C(F)(F)F)C3)C21. The van der Waals surface area contributed by atoms with Crippen LogP contribution in [0.15, 0.2) is 0 Å². The Bertz CT molecular complexity index is 776. The van der Waals surface area contributed by atoms with Crippen molar-refractivity contribution in [1.29, 1.82) is 0 Å². The third kappa shape index (κ3) is 6.45. The molecular formula is C27H47F3N6O. The van der Waals surface area contributed by atoms with Crippen LogP contribution in [0.3, 0.4) is 0 Å². The maximum absolute atomic E-state index is 14.2. The predicted octanol–water partition coefficient (Wildman–Crippen LogP) is 2.38. The first-order valence-electron chi connectivity index (χ1n) is 14.7. The fourth-order valence-corrected chi connectivity index (χ4v) is 8.05. The van der Waals surface area contributed by atoms with Crippen molar-refractivity contribution in [3.05, 3.63) is 0 Å². The Morgan fingerprint density at radius 2 is 1.68 bits per heavy atom. The van der Waals surface area contributed by atoms with E-state index in [2.05, 4.69) is 37.7 Å². The van der Waals surface area contributed by atoms with Gasteiger partial charge in [0.2, 0.25) is 5.91 Å². The number of halogens is 3. The van der Waals surface area contributed by atoms with Crippen LogP contribution in [0.2, 0.25) is 0 Å². The van der Waals surface area contributed by atoms with Gasteiger partial charge in [-0.3, -0.25) is 15.0 Å². The number of carbonyl (C=O) groups is 1. The lowest BCUT2D eigenvalue weighted by Crippen LogP contribution is -2.62. The zero-order valence-corrected chi connectivity index (χ0v) is 22.6. The van der Waals surface area contributed by atoms with E-state index in [0.717, 1.165) is 71.4 Å². The number of amides is 1. The number of hydrogen-bond acceptors (Lipinski definition) is 6. The number of fused-ring (bicyclic) bond motifs is 1. The van der Waals surface area contributed by atoms with Crippen molar-refractivity contribution in [2.24, 2.45) is 11.8 Å². The summed E-state index contributed by atoms with van der Waals surface area (Å²) < 4.78 is 42.7. The van der Waals surface area contributed by atoms with Crippen molar-refractivity contribution in [3.63, 3.8) is 0 Å². The highest BCUT2D eigenvalue weighted by atomic mass is 19.4. The number of piperazine rings is 1. The molecule has 3 saturated heterocycles. The third-order valence-electron chi connectivity index (χ3n) is 10.1. The maximum atomic E-state index is 14.2. The zero-order chi connectivity index (χ0) is 26.2. The molecule has 3 aliphatic heterocycles. The second kappa shape index (κ2) is 11.7. The quantitative estimate of drug-likeness (QED) is 0.510.